The minimum atomic E-state index is -0.677. The van der Waals surface area contributed by atoms with E-state index in [9.17, 15) is 4.79 Å². The first-order valence-electron chi connectivity index (χ1n) is 7.39. The van der Waals surface area contributed by atoms with Crippen molar-refractivity contribution in [2.45, 2.75) is 71.9 Å². The van der Waals surface area contributed by atoms with Crippen molar-refractivity contribution in [1.82, 2.24) is 4.90 Å². The van der Waals surface area contributed by atoms with E-state index in [1.807, 2.05) is 0 Å². The lowest BCUT2D eigenvalue weighted by atomic mass is 9.78. The first kappa shape index (κ1) is 15.5. The number of carboxylic acid groups (broad SMARTS) is 1. The summed E-state index contributed by atoms with van der Waals surface area (Å²) in [7, 11) is 0. The van der Waals surface area contributed by atoms with E-state index < -0.39 is 5.97 Å². The molecule has 1 aliphatic carbocycles. The predicted molar refractivity (Wildman–Crippen MR) is 74.7 cm³/mol. The number of aliphatic carboxylic acids is 1. The molecular formula is C15H29NO2. The molecule has 0 heterocycles. The van der Waals surface area contributed by atoms with Crippen molar-refractivity contribution >= 4 is 5.97 Å². The van der Waals surface area contributed by atoms with Gasteiger partial charge in [-0.15, -0.1) is 0 Å². The minimum absolute atomic E-state index is 0.294. The molecule has 0 radical (unpaired) electrons. The molecule has 3 unspecified atom stereocenters. The molecule has 0 aromatic carbocycles. The third-order valence-electron chi connectivity index (χ3n) is 4.51. The second kappa shape index (κ2) is 7.13. The van der Waals surface area contributed by atoms with Gasteiger partial charge in [-0.3, -0.25) is 9.69 Å². The zero-order valence-corrected chi connectivity index (χ0v) is 12.4. The van der Waals surface area contributed by atoms with Gasteiger partial charge < -0.3 is 5.11 Å². The second-order valence-corrected chi connectivity index (χ2v) is 6.25. The van der Waals surface area contributed by atoms with E-state index in [0.717, 1.165) is 24.8 Å². The topological polar surface area (TPSA) is 40.5 Å². The summed E-state index contributed by atoms with van der Waals surface area (Å²) in [5.41, 5.74) is 0. The van der Waals surface area contributed by atoms with E-state index in [1.165, 1.54) is 19.3 Å². The van der Waals surface area contributed by atoms with Gasteiger partial charge in [0, 0.05) is 18.5 Å². The molecule has 0 spiro atoms. The van der Waals surface area contributed by atoms with Gasteiger partial charge in [-0.25, -0.2) is 0 Å². The second-order valence-electron chi connectivity index (χ2n) is 6.25. The van der Waals surface area contributed by atoms with Gasteiger partial charge in [0.15, 0.2) is 0 Å². The molecule has 0 aromatic heterocycles. The third kappa shape index (κ3) is 4.60. The first-order valence-corrected chi connectivity index (χ1v) is 7.39. The number of carboxylic acids is 1. The first-order chi connectivity index (χ1) is 8.41. The Morgan fingerprint density at radius 1 is 1.28 bits per heavy atom. The zero-order valence-electron chi connectivity index (χ0n) is 12.4. The molecule has 18 heavy (non-hydrogen) atoms. The molecule has 1 rings (SSSR count). The van der Waals surface area contributed by atoms with Crippen molar-refractivity contribution in [3.05, 3.63) is 0 Å². The van der Waals surface area contributed by atoms with Crippen LogP contribution in [0.5, 0.6) is 0 Å². The molecule has 1 saturated carbocycles. The van der Waals surface area contributed by atoms with Crippen LogP contribution in [0.3, 0.4) is 0 Å². The molecule has 1 aliphatic rings. The lowest BCUT2D eigenvalue weighted by Crippen LogP contribution is -2.44. The number of hydrogen-bond acceptors (Lipinski definition) is 2. The average Bonchev–Trinajstić information content (AvgIpc) is 2.27. The summed E-state index contributed by atoms with van der Waals surface area (Å²) in [4.78, 5) is 13.1. The van der Waals surface area contributed by atoms with Gasteiger partial charge in [-0.05, 0) is 57.9 Å². The van der Waals surface area contributed by atoms with Gasteiger partial charge in [-0.1, -0.05) is 13.8 Å². The number of rotatable bonds is 6. The van der Waals surface area contributed by atoms with Crippen molar-refractivity contribution in [3.63, 3.8) is 0 Å². The van der Waals surface area contributed by atoms with Crippen LogP contribution in [0.15, 0.2) is 0 Å². The Morgan fingerprint density at radius 2 is 1.94 bits per heavy atom. The van der Waals surface area contributed by atoms with Crippen molar-refractivity contribution in [2.24, 2.45) is 11.8 Å². The molecule has 1 N–H and O–H groups in total. The van der Waals surface area contributed by atoms with Crippen molar-refractivity contribution < 1.29 is 9.90 Å². The quantitative estimate of drug-likeness (QED) is 0.791. The van der Waals surface area contributed by atoms with Crippen molar-refractivity contribution in [2.75, 3.05) is 6.54 Å². The van der Waals surface area contributed by atoms with Gasteiger partial charge in [0.25, 0.3) is 0 Å². The highest BCUT2D eigenvalue weighted by Gasteiger charge is 2.29. The number of nitrogens with zero attached hydrogens (tertiary/aromatic N) is 1. The SMILES string of the molecule is CC1CCC(N(CCCC(=O)O)C(C)C)CC1C. The maximum Gasteiger partial charge on any atom is 0.303 e. The Bertz CT molecular complexity index is 265. The van der Waals surface area contributed by atoms with Crippen LogP contribution in [0.25, 0.3) is 0 Å². The summed E-state index contributed by atoms with van der Waals surface area (Å²) in [5, 5.41) is 8.73. The summed E-state index contributed by atoms with van der Waals surface area (Å²) in [6.45, 7) is 10.1. The van der Waals surface area contributed by atoms with Crippen molar-refractivity contribution in [1.29, 1.82) is 0 Å². The fraction of sp³-hybridized carbons (Fsp3) is 0.933. The molecule has 0 amide bonds. The van der Waals surface area contributed by atoms with Crippen LogP contribution in [0.4, 0.5) is 0 Å². The molecule has 106 valence electrons. The summed E-state index contributed by atoms with van der Waals surface area (Å²) in [6.07, 6.45) is 4.92. The molecule has 0 bridgehead atoms. The molecule has 0 aliphatic heterocycles. The number of hydrogen-bond donors (Lipinski definition) is 1. The summed E-state index contributed by atoms with van der Waals surface area (Å²) in [6, 6.07) is 1.18. The summed E-state index contributed by atoms with van der Waals surface area (Å²) < 4.78 is 0. The van der Waals surface area contributed by atoms with E-state index in [4.69, 9.17) is 5.11 Å². The van der Waals surface area contributed by atoms with Crippen LogP contribution < -0.4 is 0 Å². The van der Waals surface area contributed by atoms with E-state index in [2.05, 4.69) is 32.6 Å². The van der Waals surface area contributed by atoms with Gasteiger partial charge in [-0.2, -0.15) is 0 Å². The maximum atomic E-state index is 10.6. The third-order valence-corrected chi connectivity index (χ3v) is 4.51. The van der Waals surface area contributed by atoms with Crippen LogP contribution in [-0.2, 0) is 4.79 Å². The van der Waals surface area contributed by atoms with Gasteiger partial charge >= 0.3 is 5.97 Å². The average molecular weight is 255 g/mol. The minimum Gasteiger partial charge on any atom is -0.481 e. The Morgan fingerprint density at radius 3 is 2.44 bits per heavy atom. The molecule has 3 heteroatoms. The molecular weight excluding hydrogens is 226 g/mol. The summed E-state index contributed by atoms with van der Waals surface area (Å²) >= 11 is 0. The normalized spacial score (nSPS) is 28.9. The Balaban J connectivity index is 2.48. The van der Waals surface area contributed by atoms with Crippen LogP contribution in [0.2, 0.25) is 0 Å². The van der Waals surface area contributed by atoms with Gasteiger partial charge in [0.2, 0.25) is 0 Å². The van der Waals surface area contributed by atoms with Crippen LogP contribution in [-0.4, -0.2) is 34.6 Å². The fourth-order valence-electron chi connectivity index (χ4n) is 3.10. The highest BCUT2D eigenvalue weighted by atomic mass is 16.4. The van der Waals surface area contributed by atoms with E-state index >= 15 is 0 Å². The monoisotopic (exact) mass is 255 g/mol. The lowest BCUT2D eigenvalue weighted by molar-refractivity contribution is -0.137. The van der Waals surface area contributed by atoms with Crippen LogP contribution in [0, 0.1) is 11.8 Å². The highest BCUT2D eigenvalue weighted by Crippen LogP contribution is 2.32. The van der Waals surface area contributed by atoms with Crippen molar-refractivity contribution in [3.8, 4) is 0 Å². The Hall–Kier alpha value is -0.570. The molecule has 3 nitrogen and oxygen atoms in total. The molecule has 0 saturated heterocycles. The largest absolute Gasteiger partial charge is 0.481 e. The van der Waals surface area contributed by atoms with Gasteiger partial charge in [0.05, 0.1) is 0 Å². The summed E-state index contributed by atoms with van der Waals surface area (Å²) in [5.74, 6) is 0.961. The lowest BCUT2D eigenvalue weighted by Gasteiger charge is -2.41. The molecule has 1 fully saturated rings. The molecule has 0 aromatic rings. The van der Waals surface area contributed by atoms with Crippen LogP contribution >= 0.6 is 0 Å². The number of carbonyl (C=O) groups is 1. The molecule has 3 atom stereocenters. The van der Waals surface area contributed by atoms with Crippen LogP contribution in [0.1, 0.15) is 59.8 Å². The van der Waals surface area contributed by atoms with Gasteiger partial charge in [0.1, 0.15) is 0 Å². The van der Waals surface area contributed by atoms with E-state index in [0.29, 0.717) is 18.5 Å². The zero-order chi connectivity index (χ0) is 13.7. The van der Waals surface area contributed by atoms with E-state index in [1.54, 1.807) is 0 Å². The Labute approximate surface area is 112 Å². The highest BCUT2D eigenvalue weighted by molar-refractivity contribution is 5.66. The van der Waals surface area contributed by atoms with E-state index in [-0.39, 0.29) is 0 Å². The fourth-order valence-corrected chi connectivity index (χ4v) is 3.10. The maximum absolute atomic E-state index is 10.6. The predicted octanol–water partition coefficient (Wildman–Crippen LogP) is 3.39. The smallest absolute Gasteiger partial charge is 0.303 e. The standard InChI is InChI=1S/C15H29NO2/c1-11(2)16(9-5-6-15(17)18)14-8-7-12(3)13(4)10-14/h11-14H,5-10H2,1-4H3,(H,17,18). The Kier molecular flexibility index (Phi) is 6.13.